The van der Waals surface area contributed by atoms with Crippen LogP contribution in [-0.2, 0) is 25.8 Å². The van der Waals surface area contributed by atoms with Crippen molar-refractivity contribution < 1.29 is 29.4 Å². The topological polar surface area (TPSA) is 250 Å². The quantitative estimate of drug-likeness (QED) is 0.0545. The predicted octanol–water partition coefficient (Wildman–Crippen LogP) is -2.30. The van der Waals surface area contributed by atoms with Crippen molar-refractivity contribution in [1.82, 2.24) is 39.8 Å². The largest absolute Gasteiger partial charge is 0.477 e. The van der Waals surface area contributed by atoms with Gasteiger partial charge < -0.3 is 31.8 Å². The van der Waals surface area contributed by atoms with Gasteiger partial charge in [0.25, 0.3) is 11.8 Å². The van der Waals surface area contributed by atoms with Gasteiger partial charge in [-0.3, -0.25) is 14.5 Å². The molecular formula is C18H23N11O6S3. The number of rotatable bonds is 13. The van der Waals surface area contributed by atoms with E-state index in [1.165, 1.54) is 28.2 Å². The van der Waals surface area contributed by atoms with Crippen LogP contribution < -0.4 is 16.8 Å². The Morgan fingerprint density at radius 3 is 2.87 bits per heavy atom. The Morgan fingerprint density at radius 2 is 2.18 bits per heavy atom. The van der Waals surface area contributed by atoms with E-state index in [2.05, 4.69) is 35.4 Å². The summed E-state index contributed by atoms with van der Waals surface area (Å²) in [5.74, 6) is -2.18. The van der Waals surface area contributed by atoms with E-state index < -0.39 is 29.2 Å². The fourth-order valence-corrected chi connectivity index (χ4v) is 6.29. The number of oxime groups is 1. The van der Waals surface area contributed by atoms with Gasteiger partial charge in [-0.1, -0.05) is 16.9 Å². The molecule has 0 saturated carbocycles. The number of carboxylic acids is 1. The number of hydrogen-bond donors (Lipinski definition) is 5. The number of aliphatic hydroxyl groups is 1. The van der Waals surface area contributed by atoms with Crippen LogP contribution in [0.25, 0.3) is 0 Å². The van der Waals surface area contributed by atoms with Crippen molar-refractivity contribution in [1.29, 1.82) is 0 Å². The number of carbonyl (C=O) groups is 3. The Bertz CT molecular complexity index is 1260. The highest BCUT2D eigenvalue weighted by Gasteiger charge is 2.54. The van der Waals surface area contributed by atoms with Crippen LogP contribution in [0.1, 0.15) is 12.2 Å². The molecule has 204 valence electrons. The molecule has 4 rings (SSSR count). The summed E-state index contributed by atoms with van der Waals surface area (Å²) >= 11 is 3.36. The number of nitrogens with two attached hydrogens (primary N) is 2. The second-order valence-corrected chi connectivity index (χ2v) is 10.5. The maximum absolute atomic E-state index is 13.0. The lowest BCUT2D eigenvalue weighted by Crippen LogP contribution is -2.71. The van der Waals surface area contributed by atoms with Crippen molar-refractivity contribution in [2.45, 2.75) is 29.5 Å². The number of thioether (sulfide) groups is 2. The molecule has 1 fully saturated rings. The van der Waals surface area contributed by atoms with Crippen molar-refractivity contribution in [2.75, 3.05) is 37.0 Å². The fourth-order valence-electron chi connectivity index (χ4n) is 3.46. The standard InChI is InChI=1S/C18H23N11O6S3/c19-2-1-5-35-24-9(12-22-17(20)38-25-12)13(31)21-10-14(32)29-11(16(33)34)8(6-36-15(10)29)7-37-18-23-26-27-28(18)3-4-30/h10,15,30H,1-7,19H2,(H,21,31)(H,33,34)(H2,20,22,25)/t10?,15-/m0/s1. The number of aliphatic hydroxyl groups excluding tert-OH is 1. The van der Waals surface area contributed by atoms with Crippen LogP contribution in [0.15, 0.2) is 21.6 Å². The van der Waals surface area contributed by atoms with Crippen LogP contribution in [0, 0.1) is 0 Å². The molecule has 17 nitrogen and oxygen atoms in total. The zero-order chi connectivity index (χ0) is 27.2. The summed E-state index contributed by atoms with van der Waals surface area (Å²) in [6.07, 6.45) is 0.501. The van der Waals surface area contributed by atoms with E-state index in [4.69, 9.17) is 21.4 Å². The zero-order valence-corrected chi connectivity index (χ0v) is 22.0. The van der Waals surface area contributed by atoms with Crippen LogP contribution >= 0.6 is 35.1 Å². The molecule has 0 aliphatic carbocycles. The number of nitrogen functional groups attached to an aromatic ring is 1. The number of nitrogens with one attached hydrogen (secondary N) is 1. The lowest BCUT2D eigenvalue weighted by Gasteiger charge is -2.49. The Morgan fingerprint density at radius 1 is 1.37 bits per heavy atom. The third-order valence-corrected chi connectivity index (χ3v) is 8.11. The Kier molecular flexibility index (Phi) is 9.09. The molecule has 2 aromatic heterocycles. The number of aliphatic carboxylic acids is 1. The molecule has 2 aliphatic rings. The summed E-state index contributed by atoms with van der Waals surface area (Å²) in [4.78, 5) is 48.4. The van der Waals surface area contributed by atoms with Gasteiger partial charge in [-0.25, -0.2) is 9.48 Å². The van der Waals surface area contributed by atoms with Gasteiger partial charge in [-0.2, -0.15) is 9.36 Å². The smallest absolute Gasteiger partial charge is 0.352 e. The highest BCUT2D eigenvalue weighted by molar-refractivity contribution is 8.01. The van der Waals surface area contributed by atoms with Gasteiger partial charge in [0.1, 0.15) is 23.7 Å². The van der Waals surface area contributed by atoms with Crippen molar-refractivity contribution in [2.24, 2.45) is 10.9 Å². The molecule has 2 aliphatic heterocycles. The van der Waals surface area contributed by atoms with Gasteiger partial charge in [-0.15, -0.1) is 16.9 Å². The summed E-state index contributed by atoms with van der Waals surface area (Å²) in [5, 5.41) is 36.5. The third-order valence-electron chi connectivity index (χ3n) is 5.19. The summed E-state index contributed by atoms with van der Waals surface area (Å²) in [6, 6.07) is -1.00. The minimum absolute atomic E-state index is 0.0633. The van der Waals surface area contributed by atoms with E-state index in [9.17, 15) is 19.5 Å². The van der Waals surface area contributed by atoms with Crippen molar-refractivity contribution in [3.63, 3.8) is 0 Å². The minimum atomic E-state index is -1.27. The number of fused-ring (bicyclic) bond motifs is 1. The van der Waals surface area contributed by atoms with Gasteiger partial charge in [0, 0.05) is 23.0 Å². The predicted molar refractivity (Wildman–Crippen MR) is 136 cm³/mol. The van der Waals surface area contributed by atoms with E-state index in [0.29, 0.717) is 29.4 Å². The first-order valence-corrected chi connectivity index (χ1v) is 13.9. The van der Waals surface area contributed by atoms with E-state index in [1.54, 1.807) is 0 Å². The lowest BCUT2D eigenvalue weighted by atomic mass is 10.0. The first-order valence-electron chi connectivity index (χ1n) is 11.1. The highest BCUT2D eigenvalue weighted by atomic mass is 32.2. The van der Waals surface area contributed by atoms with Gasteiger partial charge >= 0.3 is 5.97 Å². The number of β-lactam (4-membered cyclic amide) rings is 1. The highest BCUT2D eigenvalue weighted by Crippen LogP contribution is 2.41. The molecule has 1 unspecified atom stereocenters. The van der Waals surface area contributed by atoms with Gasteiger partial charge in [0.2, 0.25) is 16.7 Å². The van der Waals surface area contributed by atoms with Crippen molar-refractivity contribution >= 4 is 63.7 Å². The number of amides is 2. The number of nitrogens with zero attached hydrogens (tertiary/aromatic N) is 8. The fraction of sp³-hybridized carbons (Fsp3) is 0.500. The van der Waals surface area contributed by atoms with E-state index >= 15 is 0 Å². The van der Waals surface area contributed by atoms with E-state index in [-0.39, 0.29) is 47.9 Å². The Labute approximate surface area is 227 Å². The average Bonchev–Trinajstić information content (AvgIpc) is 3.53. The molecule has 2 atom stereocenters. The monoisotopic (exact) mass is 585 g/mol. The maximum atomic E-state index is 13.0. The summed E-state index contributed by atoms with van der Waals surface area (Å²) in [7, 11) is 0. The SMILES string of the molecule is NCCCON=C(C(=O)NC1C(=O)N2C(C(=O)O)=C(CSc3nnnn3CCO)CS[C@@H]12)c1nsc(N)n1. The molecule has 0 radical (unpaired) electrons. The van der Waals surface area contributed by atoms with Gasteiger partial charge in [0.05, 0.1) is 13.2 Å². The number of anilines is 1. The molecule has 20 heteroatoms. The van der Waals surface area contributed by atoms with Crippen LogP contribution in [0.3, 0.4) is 0 Å². The molecule has 7 N–H and O–H groups in total. The van der Waals surface area contributed by atoms with E-state index in [0.717, 1.165) is 16.4 Å². The Balaban J connectivity index is 1.47. The zero-order valence-electron chi connectivity index (χ0n) is 19.6. The van der Waals surface area contributed by atoms with Crippen LogP contribution in [0.4, 0.5) is 5.13 Å². The van der Waals surface area contributed by atoms with Crippen LogP contribution in [-0.4, -0.2) is 111 Å². The van der Waals surface area contributed by atoms with Gasteiger partial charge in [-0.05, 0) is 29.0 Å². The second kappa shape index (κ2) is 12.5. The molecule has 0 aromatic carbocycles. The summed E-state index contributed by atoms with van der Waals surface area (Å²) in [5.41, 5.74) is 11.1. The number of hydrogen-bond acceptors (Lipinski definition) is 16. The second-order valence-electron chi connectivity index (χ2n) is 7.69. The first-order chi connectivity index (χ1) is 18.3. The van der Waals surface area contributed by atoms with Crippen LogP contribution in [0.5, 0.6) is 0 Å². The number of carboxylic acid groups (broad SMARTS) is 1. The van der Waals surface area contributed by atoms with E-state index in [1.807, 2.05) is 0 Å². The first kappa shape index (κ1) is 27.7. The molecule has 0 bridgehead atoms. The Hall–Kier alpha value is -3.33. The molecule has 2 aromatic rings. The summed E-state index contributed by atoms with van der Waals surface area (Å²) < 4.78 is 5.38. The van der Waals surface area contributed by atoms with Crippen molar-refractivity contribution in [3.05, 3.63) is 17.1 Å². The number of carbonyl (C=O) groups excluding carboxylic acids is 2. The molecular weight excluding hydrogens is 562 g/mol. The number of tetrazole rings is 1. The normalized spacial score (nSPS) is 19.3. The maximum Gasteiger partial charge on any atom is 0.352 e. The summed E-state index contributed by atoms with van der Waals surface area (Å²) in [6.45, 7) is 0.549. The van der Waals surface area contributed by atoms with Gasteiger partial charge in [0.15, 0.2) is 5.13 Å². The molecule has 0 spiro atoms. The average molecular weight is 586 g/mol. The molecule has 1 saturated heterocycles. The third kappa shape index (κ3) is 5.88. The van der Waals surface area contributed by atoms with Crippen LogP contribution in [0.2, 0.25) is 0 Å². The minimum Gasteiger partial charge on any atom is -0.477 e. The molecule has 38 heavy (non-hydrogen) atoms. The molecule has 4 heterocycles. The molecule has 2 amide bonds. The number of aromatic nitrogens is 6. The van der Waals surface area contributed by atoms with Crippen molar-refractivity contribution in [3.8, 4) is 0 Å². The lowest BCUT2D eigenvalue weighted by molar-refractivity contribution is -0.150.